The molecule has 1 aromatic rings. The number of hydrogen-bond donors (Lipinski definition) is 0. The molecule has 1 nitrogen and oxygen atoms in total. The Labute approximate surface area is 65.3 Å². The Balaban J connectivity index is 2.28. The minimum atomic E-state index is 0.246. The van der Waals surface area contributed by atoms with Crippen molar-refractivity contribution >= 4 is 0 Å². The molecule has 54 valence electrons. The van der Waals surface area contributed by atoms with E-state index >= 15 is 0 Å². The third kappa shape index (κ3) is 0.589. The molecule has 0 aromatic heterocycles. The zero-order valence-corrected chi connectivity index (χ0v) is 6.03. The molecule has 0 saturated carbocycles. The molecule has 2 heterocycles. The summed E-state index contributed by atoms with van der Waals surface area (Å²) in [5.74, 6) is 0. The maximum absolute atomic E-state index is 5.63. The first kappa shape index (κ1) is 5.56. The van der Waals surface area contributed by atoms with Crippen molar-refractivity contribution < 1.29 is 4.74 Å². The fraction of sp³-hybridized carbons (Fsp3) is 0.200. The fourth-order valence-corrected chi connectivity index (χ4v) is 1.83. The van der Waals surface area contributed by atoms with Crippen LogP contribution in [0.5, 0.6) is 0 Å². The van der Waals surface area contributed by atoms with Crippen LogP contribution < -0.4 is 0 Å². The molecule has 0 aliphatic carbocycles. The van der Waals surface area contributed by atoms with Crippen LogP contribution in [0.4, 0.5) is 0 Å². The highest BCUT2D eigenvalue weighted by Crippen LogP contribution is 2.45. The van der Waals surface area contributed by atoms with Gasteiger partial charge >= 0.3 is 0 Å². The normalized spacial score (nSPS) is 30.9. The summed E-state index contributed by atoms with van der Waals surface area (Å²) in [5.41, 5.74) is 2.69. The van der Waals surface area contributed by atoms with Crippen LogP contribution in [0.2, 0.25) is 0 Å². The highest BCUT2D eigenvalue weighted by molar-refractivity contribution is 5.42. The van der Waals surface area contributed by atoms with Crippen LogP contribution in [0.1, 0.15) is 23.3 Å². The lowest BCUT2D eigenvalue weighted by Gasteiger charge is -2.04. The van der Waals surface area contributed by atoms with E-state index in [1.165, 1.54) is 11.1 Å². The standard InChI is InChI=1S/C10H8O/c1-2-4-8-7(3-1)9-5-6-10(8)11-9/h1-6,9-10H. The largest absolute Gasteiger partial charge is 0.357 e. The number of ether oxygens (including phenoxy) is 1. The summed E-state index contributed by atoms with van der Waals surface area (Å²) in [6, 6.07) is 8.42. The molecule has 2 atom stereocenters. The van der Waals surface area contributed by atoms with Gasteiger partial charge in [0.25, 0.3) is 0 Å². The molecule has 0 saturated heterocycles. The molecule has 11 heavy (non-hydrogen) atoms. The predicted molar refractivity (Wildman–Crippen MR) is 42.1 cm³/mol. The first-order valence-corrected chi connectivity index (χ1v) is 3.88. The average molecular weight is 144 g/mol. The van der Waals surface area contributed by atoms with Gasteiger partial charge in [0.1, 0.15) is 12.2 Å². The smallest absolute Gasteiger partial charge is 0.102 e. The number of benzene rings is 1. The van der Waals surface area contributed by atoms with Crippen molar-refractivity contribution in [3.05, 3.63) is 47.5 Å². The van der Waals surface area contributed by atoms with Gasteiger partial charge in [0.05, 0.1) is 0 Å². The molecular weight excluding hydrogens is 136 g/mol. The van der Waals surface area contributed by atoms with E-state index in [1.807, 2.05) is 0 Å². The first-order valence-electron chi connectivity index (χ1n) is 3.88. The van der Waals surface area contributed by atoms with E-state index in [1.54, 1.807) is 0 Å². The monoisotopic (exact) mass is 144 g/mol. The topological polar surface area (TPSA) is 9.23 Å². The van der Waals surface area contributed by atoms with Gasteiger partial charge in [-0.2, -0.15) is 0 Å². The molecule has 2 bridgehead atoms. The van der Waals surface area contributed by atoms with Crippen LogP contribution in [-0.4, -0.2) is 0 Å². The second-order valence-electron chi connectivity index (χ2n) is 2.99. The maximum atomic E-state index is 5.63. The molecule has 0 amide bonds. The lowest BCUT2D eigenvalue weighted by Crippen LogP contribution is -1.90. The number of fused-ring (bicyclic) bond motifs is 5. The Morgan fingerprint density at radius 1 is 0.909 bits per heavy atom. The quantitative estimate of drug-likeness (QED) is 0.508. The molecule has 0 radical (unpaired) electrons. The zero-order chi connectivity index (χ0) is 7.26. The third-order valence-electron chi connectivity index (χ3n) is 2.36. The van der Waals surface area contributed by atoms with Crippen LogP contribution >= 0.6 is 0 Å². The van der Waals surface area contributed by atoms with E-state index in [0.29, 0.717) is 0 Å². The number of hydrogen-bond acceptors (Lipinski definition) is 1. The molecule has 0 spiro atoms. The molecule has 2 unspecified atom stereocenters. The average Bonchev–Trinajstić information content (AvgIpc) is 2.64. The van der Waals surface area contributed by atoms with Crippen LogP contribution in [0.3, 0.4) is 0 Å². The van der Waals surface area contributed by atoms with E-state index in [4.69, 9.17) is 4.74 Å². The van der Waals surface area contributed by atoms with Crippen molar-refractivity contribution in [2.75, 3.05) is 0 Å². The Hall–Kier alpha value is -1.08. The molecule has 0 N–H and O–H groups in total. The summed E-state index contributed by atoms with van der Waals surface area (Å²) in [4.78, 5) is 0. The molecule has 2 aliphatic heterocycles. The Kier molecular flexibility index (Phi) is 0.880. The minimum absolute atomic E-state index is 0.246. The van der Waals surface area contributed by atoms with Gasteiger partial charge in [-0.05, 0) is 11.1 Å². The van der Waals surface area contributed by atoms with Gasteiger partial charge in [0.2, 0.25) is 0 Å². The van der Waals surface area contributed by atoms with Gasteiger partial charge in [-0.1, -0.05) is 36.4 Å². The van der Waals surface area contributed by atoms with E-state index in [9.17, 15) is 0 Å². The van der Waals surface area contributed by atoms with Crippen molar-refractivity contribution in [3.63, 3.8) is 0 Å². The van der Waals surface area contributed by atoms with Crippen molar-refractivity contribution in [3.8, 4) is 0 Å². The van der Waals surface area contributed by atoms with Crippen LogP contribution in [-0.2, 0) is 4.74 Å². The predicted octanol–water partition coefficient (Wildman–Crippen LogP) is 2.37. The molecule has 1 aromatic carbocycles. The summed E-state index contributed by atoms with van der Waals surface area (Å²) >= 11 is 0. The first-order chi connectivity index (χ1) is 5.45. The number of rotatable bonds is 0. The Morgan fingerprint density at radius 2 is 1.45 bits per heavy atom. The summed E-state index contributed by atoms with van der Waals surface area (Å²) < 4.78 is 5.63. The minimum Gasteiger partial charge on any atom is -0.357 e. The molecule has 1 heteroatoms. The van der Waals surface area contributed by atoms with Crippen molar-refractivity contribution in [1.82, 2.24) is 0 Å². The SMILES string of the molecule is C1=CC2OC1c1ccccc12. The summed E-state index contributed by atoms with van der Waals surface area (Å²) in [5, 5.41) is 0. The third-order valence-corrected chi connectivity index (χ3v) is 2.36. The van der Waals surface area contributed by atoms with Crippen molar-refractivity contribution in [2.24, 2.45) is 0 Å². The molecule has 3 rings (SSSR count). The fourth-order valence-electron chi connectivity index (χ4n) is 1.83. The van der Waals surface area contributed by atoms with Gasteiger partial charge in [-0.3, -0.25) is 0 Å². The van der Waals surface area contributed by atoms with E-state index in [-0.39, 0.29) is 12.2 Å². The van der Waals surface area contributed by atoms with Gasteiger partial charge in [0, 0.05) is 0 Å². The second kappa shape index (κ2) is 1.74. The lowest BCUT2D eigenvalue weighted by molar-refractivity contribution is 0.0878. The molecule has 0 fully saturated rings. The van der Waals surface area contributed by atoms with Crippen molar-refractivity contribution in [2.45, 2.75) is 12.2 Å². The van der Waals surface area contributed by atoms with Gasteiger partial charge in [-0.25, -0.2) is 0 Å². The Morgan fingerprint density at radius 3 is 2.00 bits per heavy atom. The van der Waals surface area contributed by atoms with Crippen LogP contribution in [0, 0.1) is 0 Å². The summed E-state index contributed by atoms with van der Waals surface area (Å²) in [6.07, 6.45) is 4.76. The lowest BCUT2D eigenvalue weighted by atomic mass is 9.97. The van der Waals surface area contributed by atoms with Crippen molar-refractivity contribution in [1.29, 1.82) is 0 Å². The summed E-state index contributed by atoms with van der Waals surface area (Å²) in [7, 11) is 0. The van der Waals surface area contributed by atoms with E-state index in [2.05, 4.69) is 36.4 Å². The van der Waals surface area contributed by atoms with Gasteiger partial charge in [0.15, 0.2) is 0 Å². The molecule has 2 aliphatic rings. The summed E-state index contributed by atoms with van der Waals surface area (Å²) in [6.45, 7) is 0. The van der Waals surface area contributed by atoms with E-state index < -0.39 is 0 Å². The molecular formula is C10H8O. The van der Waals surface area contributed by atoms with Gasteiger partial charge < -0.3 is 4.74 Å². The highest BCUT2D eigenvalue weighted by atomic mass is 16.5. The maximum Gasteiger partial charge on any atom is 0.102 e. The zero-order valence-electron chi connectivity index (χ0n) is 6.03. The van der Waals surface area contributed by atoms with Crippen LogP contribution in [0.15, 0.2) is 36.4 Å². The van der Waals surface area contributed by atoms with Crippen LogP contribution in [0.25, 0.3) is 0 Å². The highest BCUT2D eigenvalue weighted by Gasteiger charge is 2.32. The van der Waals surface area contributed by atoms with E-state index in [0.717, 1.165) is 0 Å². The second-order valence-corrected chi connectivity index (χ2v) is 2.99. The Bertz CT molecular complexity index is 296. The van der Waals surface area contributed by atoms with Gasteiger partial charge in [-0.15, -0.1) is 0 Å².